The Kier molecular flexibility index (Phi) is 5.78. The summed E-state index contributed by atoms with van der Waals surface area (Å²) < 4.78 is 2.18. The summed E-state index contributed by atoms with van der Waals surface area (Å²) in [6.45, 7) is 2.00. The fourth-order valence-electron chi connectivity index (χ4n) is 2.74. The Labute approximate surface area is 148 Å². The van der Waals surface area contributed by atoms with Crippen molar-refractivity contribution in [3.8, 4) is 0 Å². The van der Waals surface area contributed by atoms with Crippen molar-refractivity contribution in [3.05, 3.63) is 39.4 Å². The van der Waals surface area contributed by atoms with Crippen LogP contribution in [0.15, 0.2) is 33.8 Å². The molecule has 0 aliphatic carbocycles. The molecule has 2 aromatic rings. The first kappa shape index (κ1) is 17.9. The van der Waals surface area contributed by atoms with Crippen LogP contribution < -0.4 is 11.3 Å². The maximum absolute atomic E-state index is 12.5. The van der Waals surface area contributed by atoms with E-state index in [-0.39, 0.29) is 30.4 Å². The fraction of sp³-hybridized carbons (Fsp3) is 0.400. The predicted octanol–water partition coefficient (Wildman–Crippen LogP) is 1.39. The third-order valence-corrected chi connectivity index (χ3v) is 4.56. The number of halogens is 2. The quantitative estimate of drug-likeness (QED) is 0.842. The first-order chi connectivity index (χ1) is 10.6. The monoisotopic (exact) mass is 400 g/mol. The Balaban J connectivity index is 0.00000192. The average Bonchev–Trinajstić information content (AvgIpc) is 3.00. The van der Waals surface area contributed by atoms with Gasteiger partial charge in [-0.3, -0.25) is 14.2 Å². The van der Waals surface area contributed by atoms with Crippen LogP contribution in [0, 0.1) is 5.92 Å². The molecule has 3 rings (SSSR count). The van der Waals surface area contributed by atoms with Crippen LogP contribution in [0.5, 0.6) is 0 Å². The summed E-state index contributed by atoms with van der Waals surface area (Å²) in [4.78, 5) is 30.8. The number of benzene rings is 1. The number of hydrogen-bond donors (Lipinski definition) is 1. The van der Waals surface area contributed by atoms with Gasteiger partial charge in [0.25, 0.3) is 5.56 Å². The Morgan fingerprint density at radius 1 is 1.43 bits per heavy atom. The number of carbonyl (C=O) groups is 1. The van der Waals surface area contributed by atoms with Crippen molar-refractivity contribution in [1.29, 1.82) is 0 Å². The van der Waals surface area contributed by atoms with Gasteiger partial charge in [0.15, 0.2) is 0 Å². The van der Waals surface area contributed by atoms with Gasteiger partial charge in [0.2, 0.25) is 5.91 Å². The maximum Gasteiger partial charge on any atom is 0.261 e. The largest absolute Gasteiger partial charge is 0.341 e. The molecule has 1 fully saturated rings. The molecule has 1 aromatic heterocycles. The van der Waals surface area contributed by atoms with Gasteiger partial charge in [-0.2, -0.15) is 0 Å². The lowest BCUT2D eigenvalue weighted by molar-refractivity contribution is -0.130. The third-order valence-electron chi connectivity index (χ3n) is 4.06. The summed E-state index contributed by atoms with van der Waals surface area (Å²) in [5.41, 5.74) is 6.07. The minimum Gasteiger partial charge on any atom is -0.341 e. The summed E-state index contributed by atoms with van der Waals surface area (Å²) in [6.07, 6.45) is 2.37. The number of likely N-dealkylation sites (tertiary alicyclic amines) is 1. The molecule has 6 nitrogen and oxygen atoms in total. The second kappa shape index (κ2) is 7.42. The van der Waals surface area contributed by atoms with Gasteiger partial charge < -0.3 is 10.6 Å². The SMILES string of the molecule is Cl.NCC1CCN(C(=O)Cn2cnc3ccc(Br)cc3c2=O)C1. The van der Waals surface area contributed by atoms with E-state index in [0.29, 0.717) is 36.5 Å². The molecule has 1 unspecified atom stereocenters. The number of aromatic nitrogens is 2. The molecule has 2 N–H and O–H groups in total. The zero-order valence-corrected chi connectivity index (χ0v) is 14.8. The second-order valence-electron chi connectivity index (χ2n) is 5.57. The Hall–Kier alpha value is -1.44. The van der Waals surface area contributed by atoms with Crippen LogP contribution in [0.4, 0.5) is 0 Å². The molecule has 1 aromatic carbocycles. The van der Waals surface area contributed by atoms with Crippen molar-refractivity contribution < 1.29 is 4.79 Å². The second-order valence-corrected chi connectivity index (χ2v) is 6.48. The molecule has 1 saturated heterocycles. The summed E-state index contributed by atoms with van der Waals surface area (Å²) in [5, 5.41) is 0.505. The molecule has 124 valence electrons. The van der Waals surface area contributed by atoms with Gasteiger partial charge in [0.1, 0.15) is 6.54 Å². The molecule has 23 heavy (non-hydrogen) atoms. The molecule has 0 bridgehead atoms. The first-order valence-corrected chi connectivity index (χ1v) is 8.00. The standard InChI is InChI=1S/C15H17BrN4O2.ClH/c16-11-1-2-13-12(5-11)15(22)20(9-18-13)8-14(21)19-4-3-10(6-17)7-19;/h1-2,5,9-10H,3-4,6-8,17H2;1H. The summed E-state index contributed by atoms with van der Waals surface area (Å²) in [6, 6.07) is 5.34. The van der Waals surface area contributed by atoms with E-state index in [4.69, 9.17) is 5.73 Å². The molecule has 0 spiro atoms. The Morgan fingerprint density at radius 2 is 2.22 bits per heavy atom. The fourth-order valence-corrected chi connectivity index (χ4v) is 3.10. The number of nitrogens with two attached hydrogens (primary N) is 1. The first-order valence-electron chi connectivity index (χ1n) is 7.21. The highest BCUT2D eigenvalue weighted by molar-refractivity contribution is 9.10. The van der Waals surface area contributed by atoms with Crippen molar-refractivity contribution in [2.24, 2.45) is 11.7 Å². The number of nitrogens with zero attached hydrogens (tertiary/aromatic N) is 3. The lowest BCUT2D eigenvalue weighted by atomic mass is 10.1. The van der Waals surface area contributed by atoms with E-state index in [2.05, 4.69) is 20.9 Å². The topological polar surface area (TPSA) is 81.2 Å². The highest BCUT2D eigenvalue weighted by atomic mass is 79.9. The van der Waals surface area contributed by atoms with E-state index >= 15 is 0 Å². The molecule has 1 aliphatic heterocycles. The van der Waals surface area contributed by atoms with Crippen LogP contribution in [0.1, 0.15) is 6.42 Å². The highest BCUT2D eigenvalue weighted by Crippen LogP contribution is 2.16. The molecule has 8 heteroatoms. The lowest BCUT2D eigenvalue weighted by Crippen LogP contribution is -2.35. The molecule has 2 heterocycles. The molecule has 1 amide bonds. The number of rotatable bonds is 3. The molecule has 0 radical (unpaired) electrons. The number of carbonyl (C=O) groups excluding carboxylic acids is 1. The third kappa shape index (κ3) is 3.73. The Morgan fingerprint density at radius 3 is 2.91 bits per heavy atom. The van der Waals surface area contributed by atoms with Crippen LogP contribution in [0.25, 0.3) is 10.9 Å². The van der Waals surface area contributed by atoms with Crippen molar-refractivity contribution in [2.45, 2.75) is 13.0 Å². The normalized spacial score (nSPS) is 17.3. The van der Waals surface area contributed by atoms with Crippen molar-refractivity contribution in [2.75, 3.05) is 19.6 Å². The zero-order valence-electron chi connectivity index (χ0n) is 12.4. The van der Waals surface area contributed by atoms with Gasteiger partial charge >= 0.3 is 0 Å². The van der Waals surface area contributed by atoms with Crippen molar-refractivity contribution in [1.82, 2.24) is 14.5 Å². The minimum atomic E-state index is -0.200. The van der Waals surface area contributed by atoms with Crippen LogP contribution in [0.2, 0.25) is 0 Å². The molecule has 0 saturated carbocycles. The maximum atomic E-state index is 12.5. The highest BCUT2D eigenvalue weighted by Gasteiger charge is 2.25. The number of fused-ring (bicyclic) bond motifs is 1. The molecule has 1 atom stereocenters. The van der Waals surface area contributed by atoms with E-state index in [1.165, 1.54) is 10.9 Å². The van der Waals surface area contributed by atoms with Gasteiger partial charge in [-0.05, 0) is 37.1 Å². The van der Waals surface area contributed by atoms with Gasteiger partial charge in [-0.15, -0.1) is 12.4 Å². The van der Waals surface area contributed by atoms with E-state index in [9.17, 15) is 9.59 Å². The summed E-state index contributed by atoms with van der Waals surface area (Å²) in [7, 11) is 0. The van der Waals surface area contributed by atoms with Crippen LogP contribution in [-0.4, -0.2) is 40.0 Å². The van der Waals surface area contributed by atoms with E-state index < -0.39 is 0 Å². The van der Waals surface area contributed by atoms with Gasteiger partial charge in [-0.25, -0.2) is 4.98 Å². The smallest absolute Gasteiger partial charge is 0.261 e. The van der Waals surface area contributed by atoms with Crippen LogP contribution >= 0.6 is 28.3 Å². The number of amides is 1. The number of hydrogen-bond acceptors (Lipinski definition) is 4. The summed E-state index contributed by atoms with van der Waals surface area (Å²) in [5.74, 6) is 0.306. The van der Waals surface area contributed by atoms with Gasteiger partial charge in [0, 0.05) is 17.6 Å². The van der Waals surface area contributed by atoms with E-state index in [1.54, 1.807) is 17.0 Å². The van der Waals surface area contributed by atoms with Crippen LogP contribution in [0.3, 0.4) is 0 Å². The molecule has 1 aliphatic rings. The van der Waals surface area contributed by atoms with Crippen molar-refractivity contribution >= 4 is 45.1 Å². The molecular weight excluding hydrogens is 384 g/mol. The zero-order chi connectivity index (χ0) is 15.7. The minimum absolute atomic E-state index is 0. The van der Waals surface area contributed by atoms with Crippen LogP contribution in [-0.2, 0) is 11.3 Å². The molecular formula is C15H18BrClN4O2. The van der Waals surface area contributed by atoms with Gasteiger partial charge in [0.05, 0.1) is 17.2 Å². The van der Waals surface area contributed by atoms with E-state index in [1.807, 2.05) is 6.07 Å². The van der Waals surface area contributed by atoms with Crippen molar-refractivity contribution in [3.63, 3.8) is 0 Å². The Bertz CT molecular complexity index is 780. The van der Waals surface area contributed by atoms with E-state index in [0.717, 1.165) is 10.9 Å². The summed E-state index contributed by atoms with van der Waals surface area (Å²) >= 11 is 3.35. The van der Waals surface area contributed by atoms with Gasteiger partial charge in [-0.1, -0.05) is 15.9 Å². The predicted molar refractivity (Wildman–Crippen MR) is 94.7 cm³/mol. The average molecular weight is 402 g/mol. The lowest BCUT2D eigenvalue weighted by Gasteiger charge is -2.17.